The fraction of sp³-hybridized carbons (Fsp3) is 0.259. The second kappa shape index (κ2) is 12.0. The predicted octanol–water partition coefficient (Wildman–Crippen LogP) is 4.32. The van der Waals surface area contributed by atoms with Crippen molar-refractivity contribution in [1.82, 2.24) is 15.5 Å². The SMILES string of the molecule is NC(=O)c1ccc(Oc2ccccc2CNC(=O)Nc2cc(CN3CCNCC3)cc(C(F)(F)F)c2)cc1. The molecule has 0 aliphatic carbocycles. The highest BCUT2D eigenvalue weighted by Gasteiger charge is 2.31. The van der Waals surface area contributed by atoms with Gasteiger partial charge < -0.3 is 26.4 Å². The first-order valence-electron chi connectivity index (χ1n) is 12.0. The topological polar surface area (TPSA) is 109 Å². The summed E-state index contributed by atoms with van der Waals surface area (Å²) in [6, 6.07) is 16.2. The maximum absolute atomic E-state index is 13.5. The van der Waals surface area contributed by atoms with Gasteiger partial charge in [0.25, 0.3) is 0 Å². The number of hydrogen-bond acceptors (Lipinski definition) is 5. The number of anilines is 1. The lowest BCUT2D eigenvalue weighted by atomic mass is 10.1. The van der Waals surface area contributed by atoms with Gasteiger partial charge in [-0.25, -0.2) is 4.79 Å². The van der Waals surface area contributed by atoms with E-state index in [1.807, 2.05) is 0 Å². The van der Waals surface area contributed by atoms with Crippen molar-refractivity contribution in [3.63, 3.8) is 0 Å². The second-order valence-electron chi connectivity index (χ2n) is 8.85. The fourth-order valence-electron chi connectivity index (χ4n) is 4.06. The summed E-state index contributed by atoms with van der Waals surface area (Å²) in [4.78, 5) is 25.9. The Morgan fingerprint density at radius 1 is 1.00 bits per heavy atom. The Kier molecular flexibility index (Phi) is 8.49. The Hall–Kier alpha value is -4.09. The molecule has 0 atom stereocenters. The molecule has 200 valence electrons. The van der Waals surface area contributed by atoms with E-state index in [1.165, 1.54) is 12.1 Å². The van der Waals surface area contributed by atoms with Crippen LogP contribution in [0.5, 0.6) is 11.5 Å². The number of rotatable bonds is 8. The summed E-state index contributed by atoms with van der Waals surface area (Å²) in [6.45, 7) is 3.43. The molecular weight excluding hydrogens is 499 g/mol. The minimum Gasteiger partial charge on any atom is -0.457 e. The van der Waals surface area contributed by atoms with Crippen molar-refractivity contribution in [3.05, 3.63) is 89.0 Å². The minimum absolute atomic E-state index is 0.0570. The highest BCUT2D eigenvalue weighted by Crippen LogP contribution is 2.32. The molecule has 0 aromatic heterocycles. The van der Waals surface area contributed by atoms with Gasteiger partial charge in [-0.2, -0.15) is 13.2 Å². The normalized spacial score (nSPS) is 14.1. The molecule has 3 amide bonds. The summed E-state index contributed by atoms with van der Waals surface area (Å²) >= 11 is 0. The maximum atomic E-state index is 13.5. The fourth-order valence-corrected chi connectivity index (χ4v) is 4.06. The van der Waals surface area contributed by atoms with Gasteiger partial charge in [-0.3, -0.25) is 9.69 Å². The highest BCUT2D eigenvalue weighted by molar-refractivity contribution is 5.92. The van der Waals surface area contributed by atoms with E-state index in [0.717, 1.165) is 38.3 Å². The van der Waals surface area contributed by atoms with Crippen LogP contribution < -0.4 is 26.4 Å². The van der Waals surface area contributed by atoms with Crippen molar-refractivity contribution >= 4 is 17.6 Å². The van der Waals surface area contributed by atoms with Crippen molar-refractivity contribution in [2.24, 2.45) is 5.73 Å². The molecule has 1 aliphatic rings. The summed E-state index contributed by atoms with van der Waals surface area (Å²) in [7, 11) is 0. The third-order valence-electron chi connectivity index (χ3n) is 5.97. The number of amides is 3. The van der Waals surface area contributed by atoms with Crippen LogP contribution in [0.2, 0.25) is 0 Å². The van der Waals surface area contributed by atoms with Crippen LogP contribution in [-0.2, 0) is 19.3 Å². The van der Waals surface area contributed by atoms with E-state index in [4.69, 9.17) is 10.5 Å². The molecule has 5 N–H and O–H groups in total. The number of nitrogens with one attached hydrogen (secondary N) is 3. The summed E-state index contributed by atoms with van der Waals surface area (Å²) in [5.74, 6) is 0.383. The molecular formula is C27H28F3N5O3. The lowest BCUT2D eigenvalue weighted by molar-refractivity contribution is -0.137. The summed E-state index contributed by atoms with van der Waals surface area (Å²) < 4.78 is 46.5. The summed E-state index contributed by atoms with van der Waals surface area (Å²) in [5, 5.41) is 8.40. The number of ether oxygens (including phenoxy) is 1. The van der Waals surface area contributed by atoms with Crippen molar-refractivity contribution in [2.75, 3.05) is 31.5 Å². The minimum atomic E-state index is -4.54. The highest BCUT2D eigenvalue weighted by atomic mass is 19.4. The Bertz CT molecular complexity index is 1280. The molecule has 1 heterocycles. The smallest absolute Gasteiger partial charge is 0.416 e. The number of para-hydroxylation sites is 1. The van der Waals surface area contributed by atoms with Gasteiger partial charge in [-0.15, -0.1) is 0 Å². The lowest BCUT2D eigenvalue weighted by Crippen LogP contribution is -2.42. The molecule has 0 unspecified atom stereocenters. The van der Waals surface area contributed by atoms with Crippen LogP contribution in [0.15, 0.2) is 66.7 Å². The molecule has 1 saturated heterocycles. The van der Waals surface area contributed by atoms with Crippen LogP contribution in [0.1, 0.15) is 27.0 Å². The number of primary amides is 1. The predicted molar refractivity (Wildman–Crippen MR) is 137 cm³/mol. The zero-order chi connectivity index (χ0) is 27.1. The van der Waals surface area contributed by atoms with E-state index in [0.29, 0.717) is 34.7 Å². The molecule has 8 nitrogen and oxygen atoms in total. The second-order valence-corrected chi connectivity index (χ2v) is 8.85. The third kappa shape index (κ3) is 7.46. The molecule has 11 heteroatoms. The number of carbonyl (C=O) groups is 2. The Morgan fingerprint density at radius 3 is 2.39 bits per heavy atom. The van der Waals surface area contributed by atoms with Gasteiger partial charge in [-0.05, 0) is 54.1 Å². The lowest BCUT2D eigenvalue weighted by Gasteiger charge is -2.27. The van der Waals surface area contributed by atoms with Crippen LogP contribution >= 0.6 is 0 Å². The zero-order valence-electron chi connectivity index (χ0n) is 20.5. The molecule has 1 fully saturated rings. The average molecular weight is 528 g/mol. The van der Waals surface area contributed by atoms with Crippen LogP contribution in [0, 0.1) is 0 Å². The number of piperazine rings is 1. The molecule has 3 aromatic rings. The molecule has 0 saturated carbocycles. The molecule has 38 heavy (non-hydrogen) atoms. The van der Waals surface area contributed by atoms with E-state index in [2.05, 4.69) is 20.9 Å². The van der Waals surface area contributed by atoms with Gasteiger partial charge >= 0.3 is 12.2 Å². The number of alkyl halides is 3. The molecule has 0 bridgehead atoms. The molecule has 0 spiro atoms. The Labute approximate surface area is 218 Å². The van der Waals surface area contributed by atoms with Crippen LogP contribution in [-0.4, -0.2) is 43.0 Å². The van der Waals surface area contributed by atoms with Gasteiger partial charge in [0, 0.05) is 56.1 Å². The standard InChI is InChI=1S/C27H28F3N5O3/c28-27(29,30)21-13-18(17-35-11-9-32-10-12-35)14-22(15-21)34-26(37)33-16-20-3-1-2-4-24(20)38-23-7-5-19(6-8-23)25(31)36/h1-8,13-15,32H,9-12,16-17H2,(H2,31,36)(H2,33,34,37). The number of hydrogen-bond donors (Lipinski definition) is 4. The van der Waals surface area contributed by atoms with Gasteiger partial charge in [-0.1, -0.05) is 18.2 Å². The molecule has 4 rings (SSSR count). The number of carbonyl (C=O) groups excluding carboxylic acids is 2. The monoisotopic (exact) mass is 527 g/mol. The molecule has 1 aliphatic heterocycles. The molecule has 3 aromatic carbocycles. The Balaban J connectivity index is 1.42. The van der Waals surface area contributed by atoms with Crippen LogP contribution in [0.4, 0.5) is 23.7 Å². The largest absolute Gasteiger partial charge is 0.457 e. The number of halogens is 3. The number of nitrogens with two attached hydrogens (primary N) is 1. The number of nitrogens with zero attached hydrogens (tertiary/aromatic N) is 1. The number of benzene rings is 3. The quantitative estimate of drug-likeness (QED) is 0.349. The van der Waals surface area contributed by atoms with Crippen molar-refractivity contribution in [3.8, 4) is 11.5 Å². The summed E-state index contributed by atoms with van der Waals surface area (Å²) in [5.41, 5.74) is 5.95. The first-order chi connectivity index (χ1) is 18.2. The average Bonchev–Trinajstić information content (AvgIpc) is 2.88. The molecule has 0 radical (unpaired) electrons. The van der Waals surface area contributed by atoms with Gasteiger partial charge in [0.1, 0.15) is 11.5 Å². The van der Waals surface area contributed by atoms with E-state index in [1.54, 1.807) is 42.5 Å². The van der Waals surface area contributed by atoms with Gasteiger partial charge in [0.2, 0.25) is 5.91 Å². The van der Waals surface area contributed by atoms with E-state index in [9.17, 15) is 22.8 Å². The van der Waals surface area contributed by atoms with Crippen molar-refractivity contribution < 1.29 is 27.5 Å². The van der Waals surface area contributed by atoms with E-state index < -0.39 is 23.7 Å². The van der Waals surface area contributed by atoms with Crippen LogP contribution in [0.3, 0.4) is 0 Å². The van der Waals surface area contributed by atoms with E-state index in [-0.39, 0.29) is 12.2 Å². The summed E-state index contributed by atoms with van der Waals surface area (Å²) in [6.07, 6.45) is -4.54. The Morgan fingerprint density at radius 2 is 1.71 bits per heavy atom. The first-order valence-corrected chi connectivity index (χ1v) is 12.0. The van der Waals surface area contributed by atoms with E-state index >= 15 is 0 Å². The number of urea groups is 1. The maximum Gasteiger partial charge on any atom is 0.416 e. The third-order valence-corrected chi connectivity index (χ3v) is 5.97. The van der Waals surface area contributed by atoms with Crippen LogP contribution in [0.25, 0.3) is 0 Å². The van der Waals surface area contributed by atoms with Crippen molar-refractivity contribution in [2.45, 2.75) is 19.3 Å². The van der Waals surface area contributed by atoms with Gasteiger partial charge in [0.15, 0.2) is 0 Å². The zero-order valence-corrected chi connectivity index (χ0v) is 20.5. The first kappa shape index (κ1) is 27.0. The van der Waals surface area contributed by atoms with Gasteiger partial charge in [0.05, 0.1) is 5.56 Å². The van der Waals surface area contributed by atoms with Crippen molar-refractivity contribution in [1.29, 1.82) is 0 Å².